The molecular formula is C16H25N4O7P. The fraction of sp³-hybridized carbons (Fsp3) is 0.688. The molecule has 3 rings (SSSR count). The molecule has 0 saturated carbocycles. The van der Waals surface area contributed by atoms with Crippen LogP contribution in [0.1, 0.15) is 19.6 Å². The van der Waals surface area contributed by atoms with E-state index in [-0.39, 0.29) is 17.7 Å². The molecule has 0 radical (unpaired) electrons. The first-order valence-corrected chi connectivity index (χ1v) is 10.9. The summed E-state index contributed by atoms with van der Waals surface area (Å²) in [7, 11) is -0.869. The second-order valence-corrected chi connectivity index (χ2v) is 8.48. The quantitative estimate of drug-likeness (QED) is 0.621. The monoisotopic (exact) mass is 416 g/mol. The van der Waals surface area contributed by atoms with Crippen LogP contribution in [0.3, 0.4) is 0 Å². The average Bonchev–Trinajstić information content (AvgIpc) is 3.18. The molecule has 1 aliphatic heterocycles. The summed E-state index contributed by atoms with van der Waals surface area (Å²) in [6.45, 7) is 3.74. The topological polar surface area (TPSA) is 127 Å². The Morgan fingerprint density at radius 3 is 2.64 bits per heavy atom. The summed E-state index contributed by atoms with van der Waals surface area (Å²) < 4.78 is 36.9. The highest BCUT2D eigenvalue weighted by molar-refractivity contribution is 7.51. The normalized spacial score (nSPS) is 27.3. The Balaban J connectivity index is 2.01. The van der Waals surface area contributed by atoms with Crippen LogP contribution in [-0.2, 0) is 29.8 Å². The first-order valence-electron chi connectivity index (χ1n) is 8.88. The van der Waals surface area contributed by atoms with Crippen LogP contribution in [-0.4, -0.2) is 69.8 Å². The number of fused-ring (bicyclic) bond motifs is 1. The Morgan fingerprint density at radius 1 is 1.29 bits per heavy atom. The standard InChI is InChI=1S/C16H25N4O7P/c1-5-6-19-8-18-14-11(15(19)21)17-9-20(14)16-13(25-3)12(27-28(4,22)23)10(26-16)7-24-2/h8-10,12-13,16H,5-7H2,1-4H3,(H,22,23)/t10-,12-,13-,16-/m1/s1. The molecule has 0 aromatic carbocycles. The molecule has 156 valence electrons. The second kappa shape index (κ2) is 8.40. The zero-order valence-corrected chi connectivity index (χ0v) is 17.1. The van der Waals surface area contributed by atoms with Crippen LogP contribution in [0.4, 0.5) is 0 Å². The highest BCUT2D eigenvalue weighted by Crippen LogP contribution is 2.45. The number of ether oxygens (including phenoxy) is 3. The largest absolute Gasteiger partial charge is 0.382 e. The molecule has 5 atom stereocenters. The van der Waals surface area contributed by atoms with Gasteiger partial charge in [0, 0.05) is 27.4 Å². The maximum absolute atomic E-state index is 12.6. The minimum Gasteiger partial charge on any atom is -0.382 e. The van der Waals surface area contributed by atoms with Crippen molar-refractivity contribution in [2.45, 2.75) is 44.4 Å². The third kappa shape index (κ3) is 4.05. The van der Waals surface area contributed by atoms with Gasteiger partial charge >= 0.3 is 7.60 Å². The van der Waals surface area contributed by atoms with Crippen molar-refractivity contribution in [1.29, 1.82) is 0 Å². The zero-order chi connectivity index (χ0) is 20.5. The van der Waals surface area contributed by atoms with Crippen molar-refractivity contribution in [3.8, 4) is 0 Å². The fourth-order valence-electron chi connectivity index (χ4n) is 3.37. The maximum Gasteiger partial charge on any atom is 0.325 e. The average molecular weight is 416 g/mol. The van der Waals surface area contributed by atoms with Crippen molar-refractivity contribution in [3.05, 3.63) is 23.0 Å². The lowest BCUT2D eigenvalue weighted by Gasteiger charge is -2.24. The zero-order valence-electron chi connectivity index (χ0n) is 16.2. The van der Waals surface area contributed by atoms with Crippen LogP contribution in [0.25, 0.3) is 11.2 Å². The molecule has 0 bridgehead atoms. The molecule has 1 unspecified atom stereocenters. The van der Waals surface area contributed by atoms with Crippen molar-refractivity contribution in [1.82, 2.24) is 19.1 Å². The van der Waals surface area contributed by atoms with Crippen molar-refractivity contribution >= 4 is 18.8 Å². The van der Waals surface area contributed by atoms with Crippen LogP contribution >= 0.6 is 7.60 Å². The van der Waals surface area contributed by atoms with Gasteiger partial charge in [0.25, 0.3) is 5.56 Å². The van der Waals surface area contributed by atoms with E-state index < -0.39 is 32.1 Å². The first kappa shape index (κ1) is 21.1. The van der Waals surface area contributed by atoms with Gasteiger partial charge in [0.1, 0.15) is 24.6 Å². The van der Waals surface area contributed by atoms with E-state index >= 15 is 0 Å². The fourth-order valence-corrected chi connectivity index (χ4v) is 4.07. The van der Waals surface area contributed by atoms with Crippen molar-refractivity contribution in [2.75, 3.05) is 27.5 Å². The van der Waals surface area contributed by atoms with Gasteiger partial charge in [0.05, 0.1) is 12.9 Å². The Hall–Kier alpha value is -1.62. The van der Waals surface area contributed by atoms with Gasteiger partial charge in [-0.1, -0.05) is 6.92 Å². The molecule has 0 aliphatic carbocycles. The van der Waals surface area contributed by atoms with E-state index in [0.29, 0.717) is 12.2 Å². The van der Waals surface area contributed by atoms with Gasteiger partial charge in [0.15, 0.2) is 17.4 Å². The van der Waals surface area contributed by atoms with Crippen molar-refractivity contribution in [3.63, 3.8) is 0 Å². The maximum atomic E-state index is 12.6. The molecule has 12 heteroatoms. The molecule has 3 heterocycles. The van der Waals surface area contributed by atoms with E-state index in [1.54, 1.807) is 4.57 Å². The summed E-state index contributed by atoms with van der Waals surface area (Å²) in [6.07, 6.45) is 0.701. The second-order valence-electron chi connectivity index (χ2n) is 6.66. The molecule has 0 amide bonds. The highest BCUT2D eigenvalue weighted by atomic mass is 31.2. The summed E-state index contributed by atoms with van der Waals surface area (Å²) in [5.74, 6) is 0. The summed E-state index contributed by atoms with van der Waals surface area (Å²) >= 11 is 0. The van der Waals surface area contributed by atoms with E-state index in [4.69, 9.17) is 18.7 Å². The number of aromatic nitrogens is 4. The van der Waals surface area contributed by atoms with E-state index in [1.807, 2.05) is 6.92 Å². The Labute approximate surface area is 161 Å². The summed E-state index contributed by atoms with van der Waals surface area (Å²) in [4.78, 5) is 30.8. The molecule has 11 nitrogen and oxygen atoms in total. The van der Waals surface area contributed by atoms with Gasteiger partial charge in [-0.2, -0.15) is 0 Å². The molecule has 2 aromatic rings. The molecule has 1 aliphatic rings. The van der Waals surface area contributed by atoms with Gasteiger partial charge in [-0.3, -0.25) is 23.0 Å². The van der Waals surface area contributed by atoms with Gasteiger partial charge in [-0.15, -0.1) is 0 Å². The summed E-state index contributed by atoms with van der Waals surface area (Å²) in [5, 5.41) is 0. The van der Waals surface area contributed by atoms with Crippen molar-refractivity contribution in [2.24, 2.45) is 0 Å². The molecule has 2 aromatic heterocycles. The van der Waals surface area contributed by atoms with Gasteiger partial charge in [-0.25, -0.2) is 9.97 Å². The Bertz CT molecular complexity index is 923. The molecule has 1 saturated heterocycles. The predicted octanol–water partition coefficient (Wildman–Crippen LogP) is 0.762. The van der Waals surface area contributed by atoms with Crippen LogP contribution in [0.15, 0.2) is 17.4 Å². The molecule has 1 N–H and O–H groups in total. The van der Waals surface area contributed by atoms with Crippen LogP contribution in [0.2, 0.25) is 0 Å². The predicted molar refractivity (Wildman–Crippen MR) is 99.3 cm³/mol. The Kier molecular flexibility index (Phi) is 6.33. The van der Waals surface area contributed by atoms with E-state index in [2.05, 4.69) is 9.97 Å². The van der Waals surface area contributed by atoms with E-state index in [9.17, 15) is 14.3 Å². The van der Waals surface area contributed by atoms with Gasteiger partial charge in [0.2, 0.25) is 0 Å². The minimum atomic E-state index is -3.81. The molecule has 0 spiro atoms. The number of imidazole rings is 1. The lowest BCUT2D eigenvalue weighted by molar-refractivity contribution is -0.0629. The highest BCUT2D eigenvalue weighted by Gasteiger charge is 2.49. The molecule has 28 heavy (non-hydrogen) atoms. The van der Waals surface area contributed by atoms with Gasteiger partial charge < -0.3 is 19.1 Å². The Morgan fingerprint density at radius 2 is 2.04 bits per heavy atom. The first-order chi connectivity index (χ1) is 13.3. The SMILES string of the molecule is CCCn1cnc2c(ncn2[C@@H]2O[C@H](COC)[C@@H](OP(C)(=O)O)[C@H]2OC)c1=O. The number of hydrogen-bond acceptors (Lipinski definition) is 8. The molecule has 1 fully saturated rings. The smallest absolute Gasteiger partial charge is 0.325 e. The third-order valence-corrected chi connectivity index (χ3v) is 5.13. The number of hydrogen-bond donors (Lipinski definition) is 1. The van der Waals surface area contributed by atoms with E-state index in [0.717, 1.165) is 13.1 Å². The number of methoxy groups -OCH3 is 2. The number of aryl methyl sites for hydroxylation is 1. The number of rotatable bonds is 8. The van der Waals surface area contributed by atoms with Crippen LogP contribution < -0.4 is 5.56 Å². The lowest BCUT2D eigenvalue weighted by atomic mass is 10.1. The number of nitrogens with zero attached hydrogens (tertiary/aromatic N) is 4. The minimum absolute atomic E-state index is 0.129. The van der Waals surface area contributed by atoms with Crippen molar-refractivity contribution < 1.29 is 28.2 Å². The lowest BCUT2D eigenvalue weighted by Crippen LogP contribution is -2.37. The summed E-state index contributed by atoms with van der Waals surface area (Å²) in [6, 6.07) is 0. The summed E-state index contributed by atoms with van der Waals surface area (Å²) in [5.41, 5.74) is 0.308. The van der Waals surface area contributed by atoms with Crippen LogP contribution in [0.5, 0.6) is 0 Å². The van der Waals surface area contributed by atoms with Gasteiger partial charge in [-0.05, 0) is 6.42 Å². The molecular weight excluding hydrogens is 391 g/mol. The van der Waals surface area contributed by atoms with Crippen LogP contribution in [0, 0.1) is 0 Å². The third-order valence-electron chi connectivity index (χ3n) is 4.50. The van der Waals surface area contributed by atoms with E-state index in [1.165, 1.54) is 31.4 Å².